The van der Waals surface area contributed by atoms with Gasteiger partial charge in [0, 0.05) is 89.0 Å². The average Bonchev–Trinajstić information content (AvgIpc) is 1.68. The normalized spacial score (nSPS) is 12.5. The molecule has 0 amide bonds. The monoisotopic (exact) mass is 2960 g/mol. The van der Waals surface area contributed by atoms with Gasteiger partial charge in [-0.1, -0.05) is 84.1 Å². The number of hydrogen-bond acceptors (Lipinski definition) is 25. The van der Waals surface area contributed by atoms with E-state index in [-0.39, 0.29) is 46.0 Å². The number of methoxy groups -OCH3 is 6. The van der Waals surface area contributed by atoms with Gasteiger partial charge in [0.15, 0.2) is 44.3 Å². The minimum atomic E-state index is -3.57. The van der Waals surface area contributed by atoms with Crippen LogP contribution in [-0.2, 0) is 82.4 Å². The molecule has 0 saturated heterocycles. The van der Waals surface area contributed by atoms with E-state index in [9.17, 15) is 38.8 Å². The van der Waals surface area contributed by atoms with Crippen molar-refractivity contribution in [2.75, 3.05) is 98.5 Å². The summed E-state index contributed by atoms with van der Waals surface area (Å²) in [6, 6.07) is 52.9. The van der Waals surface area contributed by atoms with Gasteiger partial charge in [-0.05, 0) is 289 Å². The SMILES string of the molecule is C.CI.COc1cc2c(cc1OC)CN(CCc1ccc(-n3nnc(-c4cc(C)c(C)cc4[N+](=O)[O-])n3)cc1)CC2.COc1cc2c(cc1OC)CN(CCc1ccc(-n3nnc(-c4cc(C)c(C)cc4[N+](=O)[O-])n3)cc1)CC2.COc1cc2c(cc1OC)CN(CCc1ccc(N)cc1)CC2.Cc1ccc(S(=O)(=O)CN=Cc2cc(C)c(C)cc2[N+](=O)[O-])cc1.I[I-]I.[I][V]([I])[I].[I][V][I]. The van der Waals surface area contributed by atoms with Crippen LogP contribution in [0.5, 0.6) is 34.5 Å². The number of ether oxygens (including phenoxy) is 6. The number of sulfone groups is 1. The molecule has 2 N–H and O–H groups in total. The molecule has 15 rings (SSSR count). The van der Waals surface area contributed by atoms with E-state index in [2.05, 4.69) is 283 Å². The molecule has 136 heavy (non-hydrogen) atoms. The van der Waals surface area contributed by atoms with Crippen LogP contribution in [0.25, 0.3) is 34.2 Å². The number of nitrogens with two attached hydrogens (primary N) is 1. The number of aliphatic imine (C=N–C) groups is 1. The molecule has 729 valence electrons. The first-order chi connectivity index (χ1) is 64.7. The van der Waals surface area contributed by atoms with Gasteiger partial charge in [0.1, 0.15) is 17.0 Å². The first-order valence-electron chi connectivity index (χ1n) is 41.7. The third-order valence-electron chi connectivity index (χ3n) is 22.5. The van der Waals surface area contributed by atoms with Crippen LogP contribution < -0.4 is 47.4 Å². The number of fused-ring (bicyclic) bond motifs is 3. The fourth-order valence-electron chi connectivity index (χ4n) is 14.8. The minimum absolute atomic E-state index is 0. The van der Waals surface area contributed by atoms with Crippen molar-refractivity contribution < 1.29 is 79.3 Å². The van der Waals surface area contributed by atoms with Crippen LogP contribution in [-0.4, -0.2) is 177 Å². The molecule has 30 nitrogen and oxygen atoms in total. The molecule has 10 aromatic carbocycles. The Kier molecular flexibility index (Phi) is 51.3. The summed E-state index contributed by atoms with van der Waals surface area (Å²) < 4.78 is 57.1. The van der Waals surface area contributed by atoms with Crippen molar-refractivity contribution in [2.24, 2.45) is 4.99 Å². The van der Waals surface area contributed by atoms with E-state index < -0.39 is 30.5 Å². The van der Waals surface area contributed by atoms with E-state index in [4.69, 9.17) is 34.2 Å². The molecule has 2 aromatic heterocycles. The van der Waals surface area contributed by atoms with Crippen molar-refractivity contribution in [1.29, 1.82) is 0 Å². The van der Waals surface area contributed by atoms with Gasteiger partial charge in [-0.2, -0.15) is 0 Å². The topological polar surface area (TPSA) is 354 Å². The molecule has 0 saturated carbocycles. The fraction of sp³-hybridized carbons (Fsp3) is 0.330. The first kappa shape index (κ1) is 117. The summed E-state index contributed by atoms with van der Waals surface area (Å²) in [4.78, 5) is 48.9. The summed E-state index contributed by atoms with van der Waals surface area (Å²) in [5.41, 5.74) is 26.7. The summed E-state index contributed by atoms with van der Waals surface area (Å²) in [6.45, 7) is 21.7. The Morgan fingerprint density at radius 2 is 0.750 bits per heavy atom. The summed E-state index contributed by atoms with van der Waals surface area (Å²) in [7, 11) is 7.09. The Hall–Kier alpha value is -5.62. The van der Waals surface area contributed by atoms with E-state index in [0.29, 0.717) is 39.4 Å². The molecule has 5 heterocycles. The molecule has 3 aliphatic heterocycles. The van der Waals surface area contributed by atoms with Crippen molar-refractivity contribution in [3.8, 4) is 68.6 Å². The number of aromatic nitrogens is 8. The number of nitro benzene ring substituents is 3. The molecule has 0 atom stereocenters. The molecule has 0 unspecified atom stereocenters. The number of benzene rings is 10. The van der Waals surface area contributed by atoms with Gasteiger partial charge >= 0.3 is 165 Å². The quantitative estimate of drug-likeness (QED) is 0.0131. The number of alkyl halides is 1. The number of tetrazole rings is 2. The number of nitro groups is 3. The number of rotatable bonds is 26. The number of nitrogens with zero attached hydrogens (tertiary/aromatic N) is 15. The van der Waals surface area contributed by atoms with Crippen LogP contribution in [0.1, 0.15) is 102 Å². The Bertz CT molecular complexity index is 5880. The zero-order chi connectivity index (χ0) is 98.8. The second kappa shape index (κ2) is 59.5. The third kappa shape index (κ3) is 35.2. The van der Waals surface area contributed by atoms with E-state index in [0.717, 1.165) is 188 Å². The molecule has 0 aliphatic carbocycles. The van der Waals surface area contributed by atoms with Crippen molar-refractivity contribution >= 4 is 199 Å². The Labute approximate surface area is 906 Å². The Balaban J connectivity index is 0.000000242. The molecule has 42 heteroatoms. The number of anilines is 1. The molecule has 12 aromatic rings. The van der Waals surface area contributed by atoms with Crippen molar-refractivity contribution in [3.63, 3.8) is 0 Å². The fourth-order valence-corrected chi connectivity index (χ4v) is 15.8. The van der Waals surface area contributed by atoms with Gasteiger partial charge < -0.3 is 34.2 Å². The zero-order valence-corrected chi connectivity index (χ0v) is 99.8. The molecule has 0 bridgehead atoms. The van der Waals surface area contributed by atoms with Gasteiger partial charge in [-0.25, -0.2) is 8.42 Å². The molecule has 0 radical (unpaired) electrons. The predicted octanol–water partition coefficient (Wildman–Crippen LogP) is 20.1. The maximum atomic E-state index is 12.2. The summed E-state index contributed by atoms with van der Waals surface area (Å²) >= 11 is 19.6. The summed E-state index contributed by atoms with van der Waals surface area (Å²) in [6.07, 6.45) is 7.12. The average molecular weight is 2960 g/mol. The summed E-state index contributed by atoms with van der Waals surface area (Å²) in [5, 5.41) is 59.6. The summed E-state index contributed by atoms with van der Waals surface area (Å²) in [5.74, 6) is 4.71. The van der Waals surface area contributed by atoms with Crippen LogP contribution in [0.2, 0.25) is 0 Å². The number of nitrogen functional groups attached to an aromatic ring is 1. The Morgan fingerprint density at radius 3 is 1.06 bits per heavy atom. The van der Waals surface area contributed by atoms with Gasteiger partial charge in [-0.15, -0.1) is 30.0 Å². The van der Waals surface area contributed by atoms with E-state index >= 15 is 0 Å². The Morgan fingerprint density at radius 1 is 0.463 bits per heavy atom. The van der Waals surface area contributed by atoms with Crippen molar-refractivity contribution in [1.82, 2.24) is 55.1 Å². The van der Waals surface area contributed by atoms with Gasteiger partial charge in [0.2, 0.25) is 11.6 Å². The van der Waals surface area contributed by atoms with Gasteiger partial charge in [0.05, 0.1) is 79.3 Å². The number of halogens is 9. The molecular formula is C94H109I9N16O14SV2-. The second-order valence-electron chi connectivity index (χ2n) is 31.0. The van der Waals surface area contributed by atoms with Gasteiger partial charge in [0.25, 0.3) is 17.1 Å². The number of hydrogen-bond donors (Lipinski definition) is 1. The standard InChI is InChI=1S/2C28H30N6O4.C19H24N2O2.C17H18N2O4S.CH3I.CH4.I3.5HI.2V/c2*1-18-13-24(25(34(35)36)14-19(18)2)28-29-31-33(30-28)23-7-5-20(6-8-23)9-11-32-12-10-21-15-26(37-3)27(38-4)16-22(21)17-32;1-22-18-11-15-8-10-21(13-16(15)12-19(18)23-2)9-7-14-3-5-17(20)6-4-14;1-12-4-6-16(7-5-12)24(22,23)11-18-10-15-8-13(2)14(3)9-17(15)19(20)21;1-2;;1-3-2;;;;;;;/h2*5-8,13-16H,9-12,17H2,1-4H3;3-6,11-12H,7-10,13,20H2,1-2H3;4-10H,11H2,1-3H3;1H3;1H4;;5*1H;;/q;;;;;;-1;;;;;;+2;+3/p-5. The first-order valence-corrected chi connectivity index (χ1v) is 80.6. The van der Waals surface area contributed by atoms with Crippen LogP contribution in [0.3, 0.4) is 0 Å². The van der Waals surface area contributed by atoms with Gasteiger partial charge in [-0.3, -0.25) is 50.0 Å². The van der Waals surface area contributed by atoms with Crippen LogP contribution >= 0.6 is 160 Å². The molecule has 0 spiro atoms. The third-order valence-corrected chi connectivity index (χ3v) is 24.0. The van der Waals surface area contributed by atoms with Crippen molar-refractivity contribution in [2.45, 2.75) is 119 Å². The molecular weight excluding hydrogens is 2850 g/mol. The van der Waals surface area contributed by atoms with Crippen LogP contribution in [0.4, 0.5) is 22.7 Å². The second-order valence-corrected chi connectivity index (χ2v) is 96.4. The molecule has 3 aliphatic rings. The van der Waals surface area contributed by atoms with Crippen LogP contribution in [0, 0.1) is 78.8 Å². The predicted molar refractivity (Wildman–Crippen MR) is 597 cm³/mol. The molecule has 0 fully saturated rings. The van der Waals surface area contributed by atoms with E-state index in [1.807, 2.05) is 82.9 Å². The van der Waals surface area contributed by atoms with Crippen molar-refractivity contribution in [3.05, 3.63) is 295 Å². The number of aryl methyl sites for hydroxylation is 7. The zero-order valence-electron chi connectivity index (χ0n) is 76.8. The van der Waals surface area contributed by atoms with E-state index in [1.165, 1.54) is 84.1 Å². The van der Waals surface area contributed by atoms with Crippen LogP contribution in [0.15, 0.2) is 180 Å². The maximum absolute atomic E-state index is 12.2. The van der Waals surface area contributed by atoms with E-state index in [1.54, 1.807) is 92.0 Å².